The zero-order valence-corrected chi connectivity index (χ0v) is 9.69. The first-order valence-electron chi connectivity index (χ1n) is 4.72. The summed E-state index contributed by atoms with van der Waals surface area (Å²) in [7, 11) is -2.80. The molecule has 13 heavy (non-hydrogen) atoms. The molecule has 1 heterocycles. The Balaban J connectivity index is 2.86. The molecule has 78 valence electrons. The summed E-state index contributed by atoms with van der Waals surface area (Å²) in [6.45, 7) is 8.90. The third kappa shape index (κ3) is 2.44. The fraction of sp³-hybridized carbons (Fsp3) is 1.00. The summed E-state index contributed by atoms with van der Waals surface area (Å²) < 4.78 is 22.8. The lowest BCUT2D eigenvalue weighted by molar-refractivity contribution is 0.103. The van der Waals surface area contributed by atoms with E-state index in [-0.39, 0.29) is 11.3 Å². The molecule has 3 nitrogen and oxygen atoms in total. The lowest BCUT2D eigenvalue weighted by Gasteiger charge is -2.44. The standard InChI is InChI=1S/C9H19NO2S/c1-8(2)10-5-6-13(11,12)7-9(10,3)4/h8H,5-7H2,1-4H3. The van der Waals surface area contributed by atoms with Crippen molar-refractivity contribution >= 4 is 9.84 Å². The van der Waals surface area contributed by atoms with Crippen LogP contribution in [0, 0.1) is 0 Å². The summed E-state index contributed by atoms with van der Waals surface area (Å²) in [5, 5.41) is 0. The van der Waals surface area contributed by atoms with Gasteiger partial charge in [0.15, 0.2) is 9.84 Å². The number of hydrogen-bond donors (Lipinski definition) is 0. The predicted octanol–water partition coefficient (Wildman–Crippen LogP) is 0.904. The highest BCUT2D eigenvalue weighted by Crippen LogP contribution is 2.24. The number of sulfone groups is 1. The molecule has 0 bridgehead atoms. The molecule has 0 N–H and O–H groups in total. The highest BCUT2D eigenvalue weighted by Gasteiger charge is 2.38. The molecule has 4 heteroatoms. The lowest BCUT2D eigenvalue weighted by Crippen LogP contribution is -2.57. The summed E-state index contributed by atoms with van der Waals surface area (Å²) in [5.74, 6) is 0.604. The van der Waals surface area contributed by atoms with E-state index < -0.39 is 9.84 Å². The molecule has 0 saturated carbocycles. The Bertz CT molecular complexity index is 280. The minimum atomic E-state index is -2.80. The highest BCUT2D eigenvalue weighted by molar-refractivity contribution is 7.91. The Kier molecular flexibility index (Phi) is 2.74. The van der Waals surface area contributed by atoms with Crippen molar-refractivity contribution in [3.8, 4) is 0 Å². The molecule has 0 aromatic heterocycles. The van der Waals surface area contributed by atoms with Crippen molar-refractivity contribution in [2.45, 2.75) is 39.3 Å². The van der Waals surface area contributed by atoms with Crippen LogP contribution >= 0.6 is 0 Å². The SMILES string of the molecule is CC(C)N1CCS(=O)(=O)CC1(C)C. The third-order valence-corrected chi connectivity index (χ3v) is 4.57. The first-order chi connectivity index (χ1) is 5.75. The molecule has 1 aliphatic rings. The van der Waals surface area contributed by atoms with Gasteiger partial charge in [0.2, 0.25) is 0 Å². The van der Waals surface area contributed by atoms with Gasteiger partial charge in [-0.1, -0.05) is 0 Å². The third-order valence-electron chi connectivity index (χ3n) is 2.62. The molecular formula is C9H19NO2S. The summed E-state index contributed by atoms with van der Waals surface area (Å²) >= 11 is 0. The van der Waals surface area contributed by atoms with Gasteiger partial charge in [0, 0.05) is 18.1 Å². The van der Waals surface area contributed by atoms with E-state index in [4.69, 9.17) is 0 Å². The normalized spacial score (nSPS) is 27.8. The molecule has 0 aromatic carbocycles. The van der Waals surface area contributed by atoms with Gasteiger partial charge in [-0.25, -0.2) is 8.42 Å². The average Bonchev–Trinajstić information content (AvgIpc) is 1.79. The van der Waals surface area contributed by atoms with Crippen LogP contribution in [0.1, 0.15) is 27.7 Å². The maximum atomic E-state index is 11.4. The molecule has 1 saturated heterocycles. The topological polar surface area (TPSA) is 37.4 Å². The molecule has 0 radical (unpaired) electrons. The van der Waals surface area contributed by atoms with E-state index >= 15 is 0 Å². The molecule has 0 spiro atoms. The van der Waals surface area contributed by atoms with Crippen LogP contribution in [0.4, 0.5) is 0 Å². The van der Waals surface area contributed by atoms with Gasteiger partial charge < -0.3 is 0 Å². The largest absolute Gasteiger partial charge is 0.294 e. The highest BCUT2D eigenvalue weighted by atomic mass is 32.2. The Morgan fingerprint density at radius 1 is 1.31 bits per heavy atom. The predicted molar refractivity (Wildman–Crippen MR) is 54.6 cm³/mol. The Hall–Kier alpha value is -0.0900. The van der Waals surface area contributed by atoms with Crippen LogP contribution in [0.5, 0.6) is 0 Å². The Morgan fingerprint density at radius 3 is 2.23 bits per heavy atom. The minimum Gasteiger partial charge on any atom is -0.294 e. The molecule has 1 rings (SSSR count). The zero-order chi connectivity index (χ0) is 10.3. The average molecular weight is 205 g/mol. The van der Waals surface area contributed by atoms with Crippen LogP contribution in [0.25, 0.3) is 0 Å². The van der Waals surface area contributed by atoms with E-state index in [0.717, 1.165) is 0 Å². The first kappa shape index (κ1) is 11.0. The van der Waals surface area contributed by atoms with Crippen LogP contribution in [0.3, 0.4) is 0 Å². The van der Waals surface area contributed by atoms with Gasteiger partial charge in [-0.2, -0.15) is 0 Å². The van der Waals surface area contributed by atoms with E-state index in [2.05, 4.69) is 18.7 Å². The van der Waals surface area contributed by atoms with Crippen molar-refractivity contribution in [3.63, 3.8) is 0 Å². The smallest absolute Gasteiger partial charge is 0.153 e. The molecule has 0 amide bonds. The number of hydrogen-bond acceptors (Lipinski definition) is 3. The second-order valence-corrected chi connectivity index (χ2v) is 6.88. The Labute approximate surface area is 81.0 Å². The Morgan fingerprint density at radius 2 is 1.85 bits per heavy atom. The van der Waals surface area contributed by atoms with Crippen molar-refractivity contribution in [2.24, 2.45) is 0 Å². The number of nitrogens with zero attached hydrogens (tertiary/aromatic N) is 1. The second-order valence-electron chi connectivity index (χ2n) is 4.69. The van der Waals surface area contributed by atoms with E-state index in [1.807, 2.05) is 13.8 Å². The maximum absolute atomic E-state index is 11.4. The lowest BCUT2D eigenvalue weighted by atomic mass is 10.0. The van der Waals surface area contributed by atoms with Crippen molar-refractivity contribution in [2.75, 3.05) is 18.1 Å². The van der Waals surface area contributed by atoms with Gasteiger partial charge in [-0.05, 0) is 27.7 Å². The summed E-state index contributed by atoms with van der Waals surface area (Å²) in [6.07, 6.45) is 0. The van der Waals surface area contributed by atoms with Crippen molar-refractivity contribution in [1.29, 1.82) is 0 Å². The molecular weight excluding hydrogens is 186 g/mol. The van der Waals surface area contributed by atoms with Crippen molar-refractivity contribution in [3.05, 3.63) is 0 Å². The van der Waals surface area contributed by atoms with Gasteiger partial charge in [0.25, 0.3) is 0 Å². The zero-order valence-electron chi connectivity index (χ0n) is 8.87. The van der Waals surface area contributed by atoms with Gasteiger partial charge in [-0.3, -0.25) is 4.90 Å². The van der Waals surface area contributed by atoms with Gasteiger partial charge in [0.05, 0.1) is 11.5 Å². The van der Waals surface area contributed by atoms with Crippen LogP contribution in [0.15, 0.2) is 0 Å². The van der Waals surface area contributed by atoms with E-state index in [1.54, 1.807) is 0 Å². The minimum absolute atomic E-state index is 0.203. The van der Waals surface area contributed by atoms with Crippen LogP contribution in [0.2, 0.25) is 0 Å². The van der Waals surface area contributed by atoms with Crippen molar-refractivity contribution in [1.82, 2.24) is 4.90 Å². The maximum Gasteiger partial charge on any atom is 0.153 e. The van der Waals surface area contributed by atoms with Gasteiger partial charge in [0.1, 0.15) is 0 Å². The number of rotatable bonds is 1. The molecule has 1 aliphatic heterocycles. The van der Waals surface area contributed by atoms with E-state index in [9.17, 15) is 8.42 Å². The van der Waals surface area contributed by atoms with Gasteiger partial charge >= 0.3 is 0 Å². The second kappa shape index (κ2) is 3.24. The van der Waals surface area contributed by atoms with E-state index in [0.29, 0.717) is 18.3 Å². The molecule has 0 unspecified atom stereocenters. The molecule has 1 fully saturated rings. The molecule has 0 aromatic rings. The van der Waals surface area contributed by atoms with Crippen LogP contribution in [-0.4, -0.2) is 42.9 Å². The fourth-order valence-corrected chi connectivity index (χ4v) is 4.05. The summed E-state index contributed by atoms with van der Waals surface area (Å²) in [5.41, 5.74) is -0.203. The van der Waals surface area contributed by atoms with Crippen LogP contribution < -0.4 is 0 Å². The van der Waals surface area contributed by atoms with Crippen LogP contribution in [-0.2, 0) is 9.84 Å². The van der Waals surface area contributed by atoms with Gasteiger partial charge in [-0.15, -0.1) is 0 Å². The molecule has 0 aliphatic carbocycles. The summed E-state index contributed by atoms with van der Waals surface area (Å²) in [4.78, 5) is 2.26. The monoisotopic (exact) mass is 205 g/mol. The summed E-state index contributed by atoms with van der Waals surface area (Å²) in [6, 6.07) is 0.422. The van der Waals surface area contributed by atoms with E-state index in [1.165, 1.54) is 0 Å². The fourth-order valence-electron chi connectivity index (χ4n) is 2.19. The molecule has 0 atom stereocenters. The first-order valence-corrected chi connectivity index (χ1v) is 6.54. The van der Waals surface area contributed by atoms with Crippen molar-refractivity contribution < 1.29 is 8.42 Å². The quantitative estimate of drug-likeness (QED) is 0.638.